The molecule has 0 spiro atoms. The van der Waals surface area contributed by atoms with Crippen LogP contribution in [-0.4, -0.2) is 25.3 Å². The van der Waals surface area contributed by atoms with Gasteiger partial charge in [-0.1, -0.05) is 46.3 Å². The molecule has 0 saturated carbocycles. The molecule has 9 heteroatoms. The Kier molecular flexibility index (Phi) is 5.22. The van der Waals surface area contributed by atoms with Crippen LogP contribution in [0.5, 0.6) is 0 Å². The Labute approximate surface area is 172 Å². The van der Waals surface area contributed by atoms with E-state index in [1.807, 2.05) is 24.3 Å². The largest absolute Gasteiger partial charge is 0.350 e. The van der Waals surface area contributed by atoms with Gasteiger partial charge in [0.2, 0.25) is 5.91 Å². The Balaban J connectivity index is 1.53. The summed E-state index contributed by atoms with van der Waals surface area (Å²) in [5, 5.41) is 11.0. The molecule has 0 atom stereocenters. The van der Waals surface area contributed by atoms with Crippen LogP contribution in [0.1, 0.15) is 5.56 Å². The SMILES string of the molecule is O=C(Cn1ncn2nc(-c3ccc(Br)cc3)cc2c1=O)NCc1ccccc1F. The first kappa shape index (κ1) is 19.0. The van der Waals surface area contributed by atoms with Crippen LogP contribution < -0.4 is 10.9 Å². The molecule has 1 N–H and O–H groups in total. The summed E-state index contributed by atoms with van der Waals surface area (Å²) in [6.07, 6.45) is 1.38. The summed E-state index contributed by atoms with van der Waals surface area (Å²) >= 11 is 3.38. The van der Waals surface area contributed by atoms with E-state index in [1.54, 1.807) is 24.3 Å². The molecule has 2 heterocycles. The van der Waals surface area contributed by atoms with Gasteiger partial charge in [-0.05, 0) is 24.3 Å². The lowest BCUT2D eigenvalue weighted by Gasteiger charge is -2.07. The molecule has 0 fully saturated rings. The molecule has 2 aromatic carbocycles. The van der Waals surface area contributed by atoms with Crippen molar-refractivity contribution < 1.29 is 9.18 Å². The highest BCUT2D eigenvalue weighted by Crippen LogP contribution is 2.20. The number of benzene rings is 2. The predicted octanol–water partition coefficient (Wildman–Crippen LogP) is 2.78. The van der Waals surface area contributed by atoms with Gasteiger partial charge < -0.3 is 5.32 Å². The van der Waals surface area contributed by atoms with E-state index in [9.17, 15) is 14.0 Å². The number of nitrogens with one attached hydrogen (secondary N) is 1. The van der Waals surface area contributed by atoms with Crippen molar-refractivity contribution in [3.05, 3.63) is 87.1 Å². The van der Waals surface area contributed by atoms with Crippen LogP contribution in [-0.2, 0) is 17.9 Å². The van der Waals surface area contributed by atoms with Crippen LogP contribution in [0.15, 0.2) is 70.2 Å². The zero-order valence-electron chi connectivity index (χ0n) is 15.0. The molecule has 0 bridgehead atoms. The van der Waals surface area contributed by atoms with Crippen LogP contribution in [0.3, 0.4) is 0 Å². The lowest BCUT2D eigenvalue weighted by molar-refractivity contribution is -0.122. The minimum absolute atomic E-state index is 0.0307. The Morgan fingerprint density at radius 1 is 1.14 bits per heavy atom. The fourth-order valence-electron chi connectivity index (χ4n) is 2.84. The normalized spacial score (nSPS) is 11.0. The minimum Gasteiger partial charge on any atom is -0.350 e. The van der Waals surface area contributed by atoms with Crippen molar-refractivity contribution in [2.75, 3.05) is 0 Å². The maximum atomic E-state index is 13.6. The monoisotopic (exact) mass is 455 g/mol. The highest BCUT2D eigenvalue weighted by molar-refractivity contribution is 9.10. The third-order valence-corrected chi connectivity index (χ3v) is 4.89. The number of carbonyl (C=O) groups excluding carboxylic acids is 1. The average Bonchev–Trinajstić information content (AvgIpc) is 3.15. The Morgan fingerprint density at radius 2 is 1.90 bits per heavy atom. The quantitative estimate of drug-likeness (QED) is 0.501. The van der Waals surface area contributed by atoms with Gasteiger partial charge in [0.15, 0.2) is 0 Å². The van der Waals surface area contributed by atoms with Gasteiger partial charge >= 0.3 is 0 Å². The summed E-state index contributed by atoms with van der Waals surface area (Å²) in [4.78, 5) is 24.9. The molecule has 0 radical (unpaired) electrons. The van der Waals surface area contributed by atoms with Crippen molar-refractivity contribution in [3.63, 3.8) is 0 Å². The number of halogens is 2. The molecule has 4 aromatic rings. The number of nitrogens with zero attached hydrogens (tertiary/aromatic N) is 4. The number of hydrogen-bond acceptors (Lipinski definition) is 4. The molecule has 0 aliphatic carbocycles. The number of amides is 1. The molecule has 7 nitrogen and oxygen atoms in total. The van der Waals surface area contributed by atoms with E-state index < -0.39 is 17.3 Å². The van der Waals surface area contributed by atoms with Gasteiger partial charge in [0.25, 0.3) is 5.56 Å². The minimum atomic E-state index is -0.445. The zero-order chi connectivity index (χ0) is 20.4. The summed E-state index contributed by atoms with van der Waals surface area (Å²) in [6, 6.07) is 15.4. The lowest BCUT2D eigenvalue weighted by atomic mass is 10.1. The van der Waals surface area contributed by atoms with Crippen LogP contribution in [0.25, 0.3) is 16.8 Å². The third kappa shape index (κ3) is 4.09. The first-order valence-corrected chi connectivity index (χ1v) is 9.52. The van der Waals surface area contributed by atoms with Gasteiger partial charge in [-0.25, -0.2) is 13.6 Å². The predicted molar refractivity (Wildman–Crippen MR) is 109 cm³/mol. The van der Waals surface area contributed by atoms with E-state index in [2.05, 4.69) is 31.4 Å². The van der Waals surface area contributed by atoms with E-state index in [4.69, 9.17) is 0 Å². The standard InChI is InChI=1S/C20H15BrFN5O2/c21-15-7-5-13(6-8-15)17-9-18-20(29)26(24-12-27(18)25-17)11-19(28)23-10-14-3-1-2-4-16(14)22/h1-9,12H,10-11H2,(H,23,28). The topological polar surface area (TPSA) is 81.3 Å². The molecule has 29 heavy (non-hydrogen) atoms. The molecular formula is C20H15BrFN5O2. The average molecular weight is 456 g/mol. The second-order valence-electron chi connectivity index (χ2n) is 6.33. The van der Waals surface area contributed by atoms with Crippen LogP contribution in [0, 0.1) is 5.82 Å². The van der Waals surface area contributed by atoms with Gasteiger partial charge in [-0.2, -0.15) is 10.2 Å². The summed E-state index contributed by atoms with van der Waals surface area (Å²) in [6.45, 7) is -0.245. The molecular weight excluding hydrogens is 441 g/mol. The van der Waals surface area contributed by atoms with Gasteiger partial charge in [-0.15, -0.1) is 0 Å². The first-order chi connectivity index (χ1) is 14.0. The lowest BCUT2D eigenvalue weighted by Crippen LogP contribution is -2.34. The first-order valence-electron chi connectivity index (χ1n) is 8.73. The van der Waals surface area contributed by atoms with Gasteiger partial charge in [0, 0.05) is 22.1 Å². The van der Waals surface area contributed by atoms with Crippen LogP contribution in [0.2, 0.25) is 0 Å². The maximum Gasteiger partial charge on any atom is 0.293 e. The molecule has 4 rings (SSSR count). The van der Waals surface area contributed by atoms with E-state index in [0.717, 1.165) is 14.7 Å². The van der Waals surface area contributed by atoms with E-state index in [-0.39, 0.29) is 13.1 Å². The Bertz CT molecular complexity index is 1250. The van der Waals surface area contributed by atoms with E-state index in [1.165, 1.54) is 16.9 Å². The van der Waals surface area contributed by atoms with Crippen molar-refractivity contribution >= 4 is 27.4 Å². The third-order valence-electron chi connectivity index (χ3n) is 4.36. The number of fused-ring (bicyclic) bond motifs is 1. The summed E-state index contributed by atoms with van der Waals surface area (Å²) in [5.74, 6) is -0.843. The number of hydrogen-bond donors (Lipinski definition) is 1. The van der Waals surface area contributed by atoms with Crippen molar-refractivity contribution in [3.8, 4) is 11.3 Å². The maximum absolute atomic E-state index is 13.6. The molecule has 146 valence electrons. The summed E-state index contributed by atoms with van der Waals surface area (Å²) in [5.41, 5.74) is 1.71. The van der Waals surface area contributed by atoms with Crippen molar-refractivity contribution in [1.29, 1.82) is 0 Å². The smallest absolute Gasteiger partial charge is 0.293 e. The molecule has 0 unspecified atom stereocenters. The molecule has 0 saturated heterocycles. The van der Waals surface area contributed by atoms with Crippen LogP contribution >= 0.6 is 15.9 Å². The zero-order valence-corrected chi connectivity index (χ0v) is 16.6. The number of aromatic nitrogens is 4. The number of carbonyl (C=O) groups is 1. The summed E-state index contributed by atoms with van der Waals surface area (Å²) < 4.78 is 17.0. The fourth-order valence-corrected chi connectivity index (χ4v) is 3.10. The van der Waals surface area contributed by atoms with Gasteiger partial charge in [0.1, 0.15) is 24.2 Å². The molecule has 1 amide bonds. The van der Waals surface area contributed by atoms with Gasteiger partial charge in [-0.3, -0.25) is 9.59 Å². The number of rotatable bonds is 5. The molecule has 0 aliphatic heterocycles. The summed E-state index contributed by atoms with van der Waals surface area (Å²) in [7, 11) is 0. The van der Waals surface area contributed by atoms with Crippen molar-refractivity contribution in [1.82, 2.24) is 24.7 Å². The van der Waals surface area contributed by atoms with E-state index >= 15 is 0 Å². The van der Waals surface area contributed by atoms with Crippen molar-refractivity contribution in [2.24, 2.45) is 0 Å². The highest BCUT2D eigenvalue weighted by Gasteiger charge is 2.12. The Hall–Kier alpha value is -3.33. The molecule has 2 aromatic heterocycles. The Morgan fingerprint density at radius 3 is 2.66 bits per heavy atom. The van der Waals surface area contributed by atoms with Gasteiger partial charge in [0.05, 0.1) is 5.69 Å². The second-order valence-corrected chi connectivity index (χ2v) is 7.24. The molecule has 0 aliphatic rings. The fraction of sp³-hybridized carbons (Fsp3) is 0.100. The second kappa shape index (κ2) is 7.96. The van der Waals surface area contributed by atoms with Crippen LogP contribution in [0.4, 0.5) is 4.39 Å². The highest BCUT2D eigenvalue weighted by atomic mass is 79.9. The van der Waals surface area contributed by atoms with E-state index in [0.29, 0.717) is 16.8 Å². The van der Waals surface area contributed by atoms with Crippen molar-refractivity contribution in [2.45, 2.75) is 13.1 Å².